The summed E-state index contributed by atoms with van der Waals surface area (Å²) in [4.78, 5) is 11.1. The number of allylic oxidation sites excluding steroid dienone is 1. The lowest BCUT2D eigenvalue weighted by molar-refractivity contribution is 1.17. The summed E-state index contributed by atoms with van der Waals surface area (Å²) in [5.74, 6) is 0. The quantitative estimate of drug-likeness (QED) is 0.112. The van der Waals surface area contributed by atoms with E-state index in [1.54, 1.807) is 30.9 Å². The average Bonchev–Trinajstić information content (AvgIpc) is 0.789. The monoisotopic (exact) mass is 1520 g/mol. The molecule has 0 saturated carbocycles. The summed E-state index contributed by atoms with van der Waals surface area (Å²) in [6, 6.07) is 109. The first-order valence-corrected chi connectivity index (χ1v) is 43.3. The summed E-state index contributed by atoms with van der Waals surface area (Å²) in [7, 11) is 0. The summed E-state index contributed by atoms with van der Waals surface area (Å²) < 4.78 is 0. The Bertz CT molecular complexity index is 3980. The second-order valence-electron chi connectivity index (χ2n) is 19.1. The number of nitrogens with zero attached hydrogens (tertiary/aromatic N) is 3. The van der Waals surface area contributed by atoms with Crippen LogP contribution in [0.2, 0.25) is 0 Å². The van der Waals surface area contributed by atoms with Gasteiger partial charge >= 0.3 is 0 Å². The van der Waals surface area contributed by atoms with Crippen LogP contribution in [0.15, 0.2) is 353 Å². The van der Waals surface area contributed by atoms with Crippen molar-refractivity contribution in [2.75, 3.05) is 0 Å². The number of hydrogen-bond acceptors (Lipinski definition) is 3. The van der Waals surface area contributed by atoms with Gasteiger partial charge in [-0.3, -0.25) is 4.98 Å². The molecule has 0 atom stereocenters. The van der Waals surface area contributed by atoms with Crippen LogP contribution < -0.4 is 0 Å². The summed E-state index contributed by atoms with van der Waals surface area (Å²) in [5, 5.41) is 21.3. The Balaban J connectivity index is -0.000000219. The minimum Gasteiger partial charge on any atom is -0.265 e. The van der Waals surface area contributed by atoms with Crippen LogP contribution in [-0.4, -0.2) is 15.0 Å². The third-order valence-corrected chi connectivity index (χ3v) is 13.7. The zero-order chi connectivity index (χ0) is 86.9. The fraction of sp³-hybridized carbons (Fsp3) is 0.300. The third-order valence-electron chi connectivity index (χ3n) is 13.7. The van der Waals surface area contributed by atoms with Crippen LogP contribution in [-0.2, 0) is 6.42 Å². The summed E-state index contributed by atoms with van der Waals surface area (Å²) in [6.07, 6.45) is 13.9. The van der Waals surface area contributed by atoms with E-state index in [0.717, 1.165) is 6.42 Å². The smallest absolute Gasteiger partial charge is 0.115 e. The Kier molecular flexibility index (Phi) is 92.4. The third kappa shape index (κ3) is 47.4. The highest BCUT2D eigenvalue weighted by Crippen LogP contribution is 2.34. The number of hydrogen-bond donors (Lipinski definition) is 0. The molecule has 2 heterocycles. The second-order valence-corrected chi connectivity index (χ2v) is 19.1. The Hall–Kier alpha value is -10.6. The van der Waals surface area contributed by atoms with Crippen molar-refractivity contribution in [1.82, 2.24) is 15.0 Å². The lowest BCUT2D eigenvalue weighted by Crippen LogP contribution is -1.82. The molecular weight excluding hydrogens is 1360 g/mol. The van der Waals surface area contributed by atoms with Gasteiger partial charge in [-0.1, -0.05) is 519 Å². The van der Waals surface area contributed by atoms with Crippen LogP contribution >= 0.6 is 0 Å². The van der Waals surface area contributed by atoms with Crippen molar-refractivity contribution in [1.29, 1.82) is 0 Å². The fourth-order valence-electron chi connectivity index (χ4n) is 9.79. The molecule has 16 aromatic rings. The molecule has 0 spiro atoms. The molecule has 612 valence electrons. The fourth-order valence-corrected chi connectivity index (χ4v) is 9.79. The molecule has 0 saturated heterocycles. The molecule has 0 fully saturated rings. The number of pyridine rings is 1. The molecule has 0 aliphatic heterocycles. The minimum absolute atomic E-state index is 1.12. The van der Waals surface area contributed by atoms with Crippen LogP contribution in [0.3, 0.4) is 0 Å². The summed E-state index contributed by atoms with van der Waals surface area (Å²) >= 11 is 0. The Morgan fingerprint density at radius 3 is 0.655 bits per heavy atom. The van der Waals surface area contributed by atoms with E-state index in [2.05, 4.69) is 282 Å². The van der Waals surface area contributed by atoms with Gasteiger partial charge in [0, 0.05) is 24.8 Å². The lowest BCUT2D eigenvalue weighted by atomic mass is 9.95. The van der Waals surface area contributed by atoms with Crippen molar-refractivity contribution in [3.05, 3.63) is 364 Å². The van der Waals surface area contributed by atoms with Gasteiger partial charge in [0.25, 0.3) is 0 Å². The van der Waals surface area contributed by atoms with Gasteiger partial charge in [0.05, 0.1) is 0 Å². The first-order valence-electron chi connectivity index (χ1n) is 43.3. The van der Waals surface area contributed by atoms with Gasteiger partial charge in [-0.25, -0.2) is 9.97 Å². The first kappa shape index (κ1) is 116. The van der Waals surface area contributed by atoms with Gasteiger partial charge in [0.1, 0.15) is 6.33 Å². The van der Waals surface area contributed by atoms with Crippen molar-refractivity contribution >= 4 is 92.3 Å². The normalized spacial score (nSPS) is 8.46. The number of fused-ring (bicyclic) bond motifs is 7. The van der Waals surface area contributed by atoms with Crippen LogP contribution in [0, 0.1) is 0 Å². The highest BCUT2D eigenvalue weighted by atomic mass is 14.8. The van der Waals surface area contributed by atoms with Gasteiger partial charge in [-0.2, -0.15) is 0 Å². The van der Waals surface area contributed by atoms with E-state index in [-0.39, 0.29) is 0 Å². The minimum atomic E-state index is 1.12. The zero-order valence-electron chi connectivity index (χ0n) is 77.1. The Labute approximate surface area is 694 Å². The zero-order valence-corrected chi connectivity index (χ0v) is 77.1. The highest BCUT2D eigenvalue weighted by Gasteiger charge is 2.06. The van der Waals surface area contributed by atoms with E-state index in [1.165, 1.54) is 104 Å². The van der Waals surface area contributed by atoms with E-state index in [0.29, 0.717) is 0 Å². The summed E-state index contributed by atoms with van der Waals surface area (Å²) in [5.41, 5.74) is 2.84. The molecule has 0 amide bonds. The average molecular weight is 1520 g/mol. The van der Waals surface area contributed by atoms with E-state index in [1.807, 2.05) is 276 Å². The van der Waals surface area contributed by atoms with Crippen molar-refractivity contribution in [3.63, 3.8) is 0 Å². The molecule has 3 nitrogen and oxygen atoms in total. The molecule has 17 rings (SSSR count). The second kappa shape index (κ2) is 90.3. The molecule has 1 aliphatic carbocycles. The molecule has 1 aliphatic rings. The molecule has 0 bridgehead atoms. The maximum absolute atomic E-state index is 3.78. The number of aromatic nitrogens is 3. The maximum Gasteiger partial charge on any atom is 0.115 e. The van der Waals surface area contributed by atoms with E-state index >= 15 is 0 Å². The predicted molar refractivity (Wildman–Crippen MR) is 530 cm³/mol. The molecule has 14 aromatic carbocycles. The molecule has 0 radical (unpaired) electrons. The Morgan fingerprint density at radius 2 is 0.407 bits per heavy atom. The topological polar surface area (TPSA) is 38.7 Å². The SMILES string of the molecule is C1=Cc2ccccc2C1.CC.CC.CC.CC.CC.CC.CC.CC.CC.CC.CC.CC.CC.CC.CC.CC.c1cc2ccc3cccc4ccc(c1)c2c34.c1ccc2c(c1)ccc1ccccc12.c1ccc2cc3ccccc3cc2c1.c1ccc2ccccc2c1.c1ccccc1.c1ccncc1.c1cncnc1. The standard InChI is InChI=1S/C16H10.2C14H10.C10H8.C9H8.C6H6.C5H5N.C4H4N2.16C2H6/c1-3-11-7-9-13-5-2-6-14-10-8-12(4-1)15(11)16(13)14;1-3-7-13-11(5-1)9-10-12-6-2-4-8-14(12)13;1-2-6-12-10-14-8-4-3-7-13(14)9-11(12)5-1;1-2-6-10-8-4-3-7-9(10)5-1;1-2-5-9-7-3-6-8(9)4-1;2*1-2-4-6-5-3-1;1-2-5-4-6-3-1;16*1-2/h1-10H;2*1-10H;1-8H;1-6H,7H2;1-6H;1-5H;1-4H;16*1-2H3. The van der Waals surface area contributed by atoms with Crippen LogP contribution in [0.5, 0.6) is 0 Å². The van der Waals surface area contributed by atoms with Gasteiger partial charge < -0.3 is 0 Å². The van der Waals surface area contributed by atoms with Gasteiger partial charge in [-0.05, 0) is 134 Å². The van der Waals surface area contributed by atoms with Gasteiger partial charge in [0.2, 0.25) is 0 Å². The van der Waals surface area contributed by atoms with Gasteiger partial charge in [-0.15, -0.1) is 0 Å². The highest BCUT2D eigenvalue weighted by molar-refractivity contribution is 6.22. The van der Waals surface area contributed by atoms with E-state index in [4.69, 9.17) is 0 Å². The number of benzene rings is 14. The largest absolute Gasteiger partial charge is 0.265 e. The first-order chi connectivity index (χ1) is 56.2. The molecule has 113 heavy (non-hydrogen) atoms. The maximum atomic E-state index is 3.78. The molecular formula is C110H157N3. The van der Waals surface area contributed by atoms with Gasteiger partial charge in [0.15, 0.2) is 0 Å². The molecule has 2 aromatic heterocycles. The van der Waals surface area contributed by atoms with Crippen LogP contribution in [0.1, 0.15) is 233 Å². The molecule has 0 unspecified atom stereocenters. The predicted octanol–water partition coefficient (Wildman–Crippen LogP) is 37.3. The Morgan fingerprint density at radius 1 is 0.177 bits per heavy atom. The van der Waals surface area contributed by atoms with Crippen LogP contribution in [0.25, 0.3) is 92.3 Å². The molecule has 3 heteroatoms. The van der Waals surface area contributed by atoms with E-state index in [9.17, 15) is 0 Å². The van der Waals surface area contributed by atoms with E-state index < -0.39 is 0 Å². The van der Waals surface area contributed by atoms with Crippen molar-refractivity contribution in [3.8, 4) is 0 Å². The van der Waals surface area contributed by atoms with Crippen molar-refractivity contribution in [2.24, 2.45) is 0 Å². The lowest BCUT2D eigenvalue weighted by Gasteiger charge is -2.09. The van der Waals surface area contributed by atoms with Crippen molar-refractivity contribution < 1.29 is 0 Å². The molecule has 0 N–H and O–H groups in total. The van der Waals surface area contributed by atoms with Crippen molar-refractivity contribution in [2.45, 2.75) is 228 Å². The number of rotatable bonds is 0. The van der Waals surface area contributed by atoms with Crippen LogP contribution in [0.4, 0.5) is 0 Å². The summed E-state index contributed by atoms with van der Waals surface area (Å²) in [6.45, 7) is 64.0.